The topological polar surface area (TPSA) is 66.4 Å². The second-order valence-corrected chi connectivity index (χ2v) is 5.90. The summed E-state index contributed by atoms with van der Waals surface area (Å²) in [6.45, 7) is 8.16. The van der Waals surface area contributed by atoms with E-state index in [4.69, 9.17) is 5.11 Å². The van der Waals surface area contributed by atoms with Crippen LogP contribution in [-0.2, 0) is 9.59 Å². The van der Waals surface area contributed by atoms with Gasteiger partial charge in [0.05, 0.1) is 5.92 Å². The fourth-order valence-electron chi connectivity index (χ4n) is 1.93. The summed E-state index contributed by atoms with van der Waals surface area (Å²) in [5.41, 5.74) is 0.127. The van der Waals surface area contributed by atoms with Crippen LogP contribution < -0.4 is 5.32 Å². The number of amides is 1. The number of aliphatic carboxylic acids is 1. The van der Waals surface area contributed by atoms with Crippen LogP contribution in [0.2, 0.25) is 0 Å². The average molecular weight is 241 g/mol. The first kappa shape index (κ1) is 14.0. The fraction of sp³-hybridized carbons (Fsp3) is 0.846. The largest absolute Gasteiger partial charge is 0.481 e. The van der Waals surface area contributed by atoms with E-state index >= 15 is 0 Å². The molecule has 17 heavy (non-hydrogen) atoms. The summed E-state index contributed by atoms with van der Waals surface area (Å²) in [5.74, 6) is -1.50. The predicted octanol–water partition coefficient (Wildman–Crippen LogP) is 1.90. The normalized spacial score (nSPS) is 19.5. The van der Waals surface area contributed by atoms with E-state index < -0.39 is 17.8 Å². The third kappa shape index (κ3) is 3.72. The van der Waals surface area contributed by atoms with Gasteiger partial charge in [-0.05, 0) is 24.2 Å². The van der Waals surface area contributed by atoms with Crippen molar-refractivity contribution in [1.82, 2.24) is 5.32 Å². The molecule has 0 saturated heterocycles. The molecule has 0 aromatic carbocycles. The molecule has 1 fully saturated rings. The molecule has 0 heterocycles. The van der Waals surface area contributed by atoms with Gasteiger partial charge in [-0.25, -0.2) is 0 Å². The molecule has 0 aromatic rings. The van der Waals surface area contributed by atoms with Crippen molar-refractivity contribution in [3.63, 3.8) is 0 Å². The molecule has 4 nitrogen and oxygen atoms in total. The zero-order valence-electron chi connectivity index (χ0n) is 11.1. The molecule has 2 N–H and O–H groups in total. The summed E-state index contributed by atoms with van der Waals surface area (Å²) < 4.78 is 0. The molecule has 1 aliphatic rings. The van der Waals surface area contributed by atoms with Gasteiger partial charge in [-0.1, -0.05) is 27.7 Å². The summed E-state index contributed by atoms with van der Waals surface area (Å²) in [6, 6.07) is 0. The van der Waals surface area contributed by atoms with Gasteiger partial charge in [-0.2, -0.15) is 0 Å². The predicted molar refractivity (Wildman–Crippen MR) is 65.5 cm³/mol. The maximum atomic E-state index is 11.8. The third-order valence-electron chi connectivity index (χ3n) is 3.95. The Morgan fingerprint density at radius 1 is 1.29 bits per heavy atom. The van der Waals surface area contributed by atoms with Gasteiger partial charge >= 0.3 is 5.97 Å². The minimum Gasteiger partial charge on any atom is -0.481 e. The molecular weight excluding hydrogens is 218 g/mol. The Balaban J connectivity index is 2.41. The van der Waals surface area contributed by atoms with Gasteiger partial charge in [0.25, 0.3) is 0 Å². The van der Waals surface area contributed by atoms with E-state index in [9.17, 15) is 9.59 Å². The average Bonchev–Trinajstić information content (AvgIpc) is 3.07. The van der Waals surface area contributed by atoms with E-state index in [0.717, 1.165) is 0 Å². The lowest BCUT2D eigenvalue weighted by Crippen LogP contribution is -2.40. The number of carbonyl (C=O) groups is 2. The smallest absolute Gasteiger partial charge is 0.307 e. The molecule has 0 aliphatic heterocycles. The first-order valence-corrected chi connectivity index (χ1v) is 6.26. The molecule has 0 radical (unpaired) electrons. The number of rotatable bonds is 6. The zero-order chi connectivity index (χ0) is 13.2. The Kier molecular flexibility index (Phi) is 4.17. The quantitative estimate of drug-likeness (QED) is 0.746. The van der Waals surface area contributed by atoms with Gasteiger partial charge in [0.2, 0.25) is 5.91 Å². The molecule has 2 atom stereocenters. The lowest BCUT2D eigenvalue weighted by atomic mass is 9.87. The SMILES string of the molecule is CC(C(=O)O)C(C)C(=O)NCC(C)(C)C1CC1. The molecule has 2 unspecified atom stereocenters. The van der Waals surface area contributed by atoms with Crippen molar-refractivity contribution in [2.45, 2.75) is 40.5 Å². The molecule has 1 aliphatic carbocycles. The van der Waals surface area contributed by atoms with Crippen LogP contribution in [-0.4, -0.2) is 23.5 Å². The van der Waals surface area contributed by atoms with Gasteiger partial charge < -0.3 is 10.4 Å². The summed E-state index contributed by atoms with van der Waals surface area (Å²) in [6.07, 6.45) is 2.48. The molecule has 98 valence electrons. The molecule has 0 bridgehead atoms. The molecule has 0 spiro atoms. The maximum absolute atomic E-state index is 11.8. The summed E-state index contributed by atoms with van der Waals surface area (Å²) in [7, 11) is 0. The minimum absolute atomic E-state index is 0.127. The van der Waals surface area contributed by atoms with E-state index in [-0.39, 0.29) is 11.3 Å². The Morgan fingerprint density at radius 2 is 1.82 bits per heavy atom. The summed E-state index contributed by atoms with van der Waals surface area (Å²) in [5, 5.41) is 11.7. The summed E-state index contributed by atoms with van der Waals surface area (Å²) >= 11 is 0. The molecular formula is C13H23NO3. The first-order chi connectivity index (χ1) is 7.75. The molecule has 1 rings (SSSR count). The highest BCUT2D eigenvalue weighted by Crippen LogP contribution is 2.44. The van der Waals surface area contributed by atoms with Crippen molar-refractivity contribution in [2.75, 3.05) is 6.54 Å². The lowest BCUT2D eigenvalue weighted by Gasteiger charge is -2.26. The van der Waals surface area contributed by atoms with Crippen LogP contribution in [0.15, 0.2) is 0 Å². The third-order valence-corrected chi connectivity index (χ3v) is 3.95. The van der Waals surface area contributed by atoms with Crippen molar-refractivity contribution in [2.24, 2.45) is 23.2 Å². The van der Waals surface area contributed by atoms with Crippen LogP contribution in [0.3, 0.4) is 0 Å². The van der Waals surface area contributed by atoms with E-state index in [1.54, 1.807) is 13.8 Å². The Hall–Kier alpha value is -1.06. The summed E-state index contributed by atoms with van der Waals surface area (Å²) in [4.78, 5) is 22.6. The Morgan fingerprint density at radius 3 is 2.24 bits per heavy atom. The van der Waals surface area contributed by atoms with Crippen LogP contribution in [0, 0.1) is 23.2 Å². The monoisotopic (exact) mass is 241 g/mol. The fourth-order valence-corrected chi connectivity index (χ4v) is 1.93. The van der Waals surface area contributed by atoms with E-state index in [1.165, 1.54) is 12.8 Å². The van der Waals surface area contributed by atoms with Crippen molar-refractivity contribution < 1.29 is 14.7 Å². The number of hydrogen-bond donors (Lipinski definition) is 2. The maximum Gasteiger partial charge on any atom is 0.307 e. The molecule has 1 saturated carbocycles. The van der Waals surface area contributed by atoms with Crippen molar-refractivity contribution in [3.05, 3.63) is 0 Å². The van der Waals surface area contributed by atoms with E-state index in [2.05, 4.69) is 19.2 Å². The van der Waals surface area contributed by atoms with Crippen molar-refractivity contribution >= 4 is 11.9 Å². The van der Waals surface area contributed by atoms with Gasteiger partial charge in [-0.3, -0.25) is 9.59 Å². The number of nitrogens with one attached hydrogen (secondary N) is 1. The minimum atomic E-state index is -0.922. The van der Waals surface area contributed by atoms with Crippen LogP contribution in [0.25, 0.3) is 0 Å². The second kappa shape index (κ2) is 5.07. The van der Waals surface area contributed by atoms with Crippen LogP contribution >= 0.6 is 0 Å². The van der Waals surface area contributed by atoms with Crippen LogP contribution in [0.1, 0.15) is 40.5 Å². The standard InChI is InChI=1S/C13H23NO3/c1-8(9(2)12(16)17)11(15)14-7-13(3,4)10-5-6-10/h8-10H,5-7H2,1-4H3,(H,14,15)(H,16,17). The van der Waals surface area contributed by atoms with Crippen molar-refractivity contribution in [1.29, 1.82) is 0 Å². The lowest BCUT2D eigenvalue weighted by molar-refractivity contribution is -0.146. The molecule has 1 amide bonds. The number of carbonyl (C=O) groups excluding carboxylic acids is 1. The van der Waals surface area contributed by atoms with Gasteiger partial charge in [0.15, 0.2) is 0 Å². The highest BCUT2D eigenvalue weighted by Gasteiger charge is 2.38. The van der Waals surface area contributed by atoms with Crippen molar-refractivity contribution in [3.8, 4) is 0 Å². The number of carboxylic acid groups (broad SMARTS) is 1. The van der Waals surface area contributed by atoms with E-state index in [0.29, 0.717) is 12.5 Å². The van der Waals surface area contributed by atoms with E-state index in [1.807, 2.05) is 0 Å². The molecule has 4 heteroatoms. The van der Waals surface area contributed by atoms with Gasteiger partial charge in [0.1, 0.15) is 0 Å². The van der Waals surface area contributed by atoms with Crippen LogP contribution in [0.5, 0.6) is 0 Å². The molecule has 0 aromatic heterocycles. The first-order valence-electron chi connectivity index (χ1n) is 6.26. The number of carboxylic acids is 1. The highest BCUT2D eigenvalue weighted by molar-refractivity contribution is 5.84. The second-order valence-electron chi connectivity index (χ2n) is 5.90. The Labute approximate surface area is 103 Å². The van der Waals surface area contributed by atoms with Crippen LogP contribution in [0.4, 0.5) is 0 Å². The van der Waals surface area contributed by atoms with Gasteiger partial charge in [-0.15, -0.1) is 0 Å². The Bertz CT molecular complexity index is 308. The zero-order valence-corrected chi connectivity index (χ0v) is 11.1. The number of hydrogen-bond acceptors (Lipinski definition) is 2. The highest BCUT2D eigenvalue weighted by atomic mass is 16.4. The van der Waals surface area contributed by atoms with Gasteiger partial charge in [0, 0.05) is 12.5 Å².